The third kappa shape index (κ3) is 7.32. The van der Waals surface area contributed by atoms with Gasteiger partial charge >= 0.3 is 0 Å². The predicted octanol–water partition coefficient (Wildman–Crippen LogP) is 5.30. The lowest BCUT2D eigenvalue weighted by atomic mass is 9.57. The third-order valence-electron chi connectivity index (χ3n) is 7.28. The van der Waals surface area contributed by atoms with Crippen LogP contribution in [0.1, 0.15) is 60.3 Å². The Balaban J connectivity index is 2.04. The van der Waals surface area contributed by atoms with Gasteiger partial charge in [0, 0.05) is 12.3 Å². The van der Waals surface area contributed by atoms with E-state index in [9.17, 15) is 4.79 Å². The van der Waals surface area contributed by atoms with E-state index >= 15 is 0 Å². The number of fused-ring (bicyclic) bond motifs is 1. The van der Waals surface area contributed by atoms with Crippen LogP contribution in [-0.2, 0) is 18.4 Å². The minimum atomic E-state index is -0.0963. The second-order valence-corrected chi connectivity index (χ2v) is 10.9. The van der Waals surface area contributed by atoms with Crippen LogP contribution >= 0.6 is 0 Å². The molecule has 0 aliphatic heterocycles. The molecule has 181 valence electrons. The molecule has 7 unspecified atom stereocenters. The second-order valence-electron chi connectivity index (χ2n) is 9.71. The lowest BCUT2D eigenvalue weighted by Gasteiger charge is -2.50. The summed E-state index contributed by atoms with van der Waals surface area (Å²) in [5.74, 6) is 0.462. The van der Waals surface area contributed by atoms with E-state index in [1.807, 2.05) is 31.7 Å². The van der Waals surface area contributed by atoms with E-state index in [-0.39, 0.29) is 50.9 Å². The maximum Gasteiger partial charge on any atom is 0.273 e. The van der Waals surface area contributed by atoms with Crippen LogP contribution in [0.2, 0.25) is 6.55 Å². The van der Waals surface area contributed by atoms with Gasteiger partial charge in [-0.1, -0.05) is 62.1 Å². The monoisotopic (exact) mass is 485 g/mol. The molecule has 0 heterocycles. The molecular weight excluding hydrogens is 444 g/mol. The number of carbonyl (C=O) groups is 1. The molecule has 3 radical (unpaired) electrons. The summed E-state index contributed by atoms with van der Waals surface area (Å²) in [4.78, 5) is 12.6. The van der Waals surface area contributed by atoms with E-state index in [2.05, 4.69) is 52.6 Å². The molecule has 0 N–H and O–H groups in total. The van der Waals surface area contributed by atoms with Crippen LogP contribution < -0.4 is 0 Å². The Morgan fingerprint density at radius 1 is 1.33 bits per heavy atom. The quantitative estimate of drug-likeness (QED) is 0.214. The highest BCUT2D eigenvalue weighted by Gasteiger charge is 2.48. The summed E-state index contributed by atoms with van der Waals surface area (Å²) in [6.45, 7) is 16.8. The molecule has 7 atom stereocenters. The predicted molar refractivity (Wildman–Crippen MR) is 140 cm³/mol. The van der Waals surface area contributed by atoms with E-state index in [0.29, 0.717) is 15.7 Å². The molecule has 33 heavy (non-hydrogen) atoms. The Labute approximate surface area is 206 Å². The Hall–Kier alpha value is -1.35. The molecule has 4 nitrogen and oxygen atoms in total. The van der Waals surface area contributed by atoms with Crippen molar-refractivity contribution in [3.05, 3.63) is 48.1 Å². The van der Waals surface area contributed by atoms with Gasteiger partial charge in [-0.05, 0) is 64.0 Å². The smallest absolute Gasteiger partial charge is 0.273 e. The first-order valence-corrected chi connectivity index (χ1v) is 14.6. The maximum absolute atomic E-state index is 12.6. The Kier molecular flexibility index (Phi) is 10.9. The molecule has 0 aromatic carbocycles. The van der Waals surface area contributed by atoms with Gasteiger partial charge < -0.3 is 13.6 Å². The highest BCUT2D eigenvalue weighted by atomic mass is 28.2. The fraction of sp³-hybridized carbons (Fsp3) is 0.630. The minimum absolute atomic E-state index is 0.0328. The zero-order chi connectivity index (χ0) is 24.6. The van der Waals surface area contributed by atoms with Crippen molar-refractivity contribution in [2.45, 2.75) is 91.3 Å². The number of carbonyl (C=O) groups excluding carboxylic acids is 1. The molecule has 1 fully saturated rings. The first-order chi connectivity index (χ1) is 15.6. The molecule has 1 saturated carbocycles. The topological polar surface area (TPSA) is 44.8 Å². The number of hydrogen-bond acceptors (Lipinski definition) is 4. The minimum Gasteiger partial charge on any atom is -0.546 e. The van der Waals surface area contributed by atoms with Crippen molar-refractivity contribution in [1.29, 1.82) is 0 Å². The van der Waals surface area contributed by atoms with E-state index in [4.69, 9.17) is 13.6 Å². The van der Waals surface area contributed by atoms with Crippen LogP contribution in [0.4, 0.5) is 0 Å². The molecule has 2 aliphatic carbocycles. The molecule has 0 aromatic heterocycles. The average Bonchev–Trinajstić information content (AvgIpc) is 2.76. The van der Waals surface area contributed by atoms with Gasteiger partial charge in [0.15, 0.2) is 5.78 Å². The Morgan fingerprint density at radius 2 is 2.06 bits per heavy atom. The summed E-state index contributed by atoms with van der Waals surface area (Å²) >= 11 is 0. The molecule has 0 saturated heterocycles. The van der Waals surface area contributed by atoms with Gasteiger partial charge in [0.1, 0.15) is 0 Å². The van der Waals surface area contributed by atoms with Crippen LogP contribution in [0.5, 0.6) is 0 Å². The van der Waals surface area contributed by atoms with Gasteiger partial charge in [0.2, 0.25) is 9.76 Å². The first-order valence-electron chi connectivity index (χ1n) is 12.0. The van der Waals surface area contributed by atoms with E-state index in [1.165, 1.54) is 5.57 Å². The fourth-order valence-corrected chi connectivity index (χ4v) is 5.91. The number of allylic oxidation sites excluding steroid dienone is 5. The fourth-order valence-electron chi connectivity index (χ4n) is 4.98. The molecule has 6 heteroatoms. The number of ketones is 1. The van der Waals surface area contributed by atoms with Crippen molar-refractivity contribution in [3.8, 4) is 0 Å². The summed E-state index contributed by atoms with van der Waals surface area (Å²) in [6.07, 6.45) is 17.7. The zero-order valence-corrected chi connectivity index (χ0v) is 23.2. The average molecular weight is 486 g/mol. The van der Waals surface area contributed by atoms with E-state index in [0.717, 1.165) is 31.3 Å². The van der Waals surface area contributed by atoms with Crippen LogP contribution in [0.25, 0.3) is 0 Å². The van der Waals surface area contributed by atoms with Gasteiger partial charge in [0.05, 0.1) is 24.4 Å². The lowest BCUT2D eigenvalue weighted by Crippen LogP contribution is -2.47. The summed E-state index contributed by atoms with van der Waals surface area (Å²) in [7, 11) is 0.666. The summed E-state index contributed by atoms with van der Waals surface area (Å²) in [5.41, 5.74) is 2.22. The molecule has 0 aromatic rings. The van der Waals surface area contributed by atoms with Crippen molar-refractivity contribution in [1.82, 2.24) is 0 Å². The van der Waals surface area contributed by atoms with Crippen LogP contribution in [0, 0.1) is 17.3 Å². The Bertz CT molecular complexity index is 787. The van der Waals surface area contributed by atoms with Crippen molar-refractivity contribution < 1.29 is 18.4 Å². The largest absolute Gasteiger partial charge is 0.546 e. The van der Waals surface area contributed by atoms with Gasteiger partial charge in [-0.15, -0.1) is 0 Å². The van der Waals surface area contributed by atoms with Crippen molar-refractivity contribution in [2.75, 3.05) is 0 Å². The summed E-state index contributed by atoms with van der Waals surface area (Å²) < 4.78 is 18.1. The molecular formula is C27H41O4Si2. The molecule has 0 amide bonds. The lowest BCUT2D eigenvalue weighted by molar-refractivity contribution is -0.123. The summed E-state index contributed by atoms with van der Waals surface area (Å²) in [6, 6.07) is 0. The van der Waals surface area contributed by atoms with Crippen molar-refractivity contribution in [2.24, 2.45) is 17.3 Å². The van der Waals surface area contributed by atoms with Gasteiger partial charge in [0.25, 0.3) is 9.38 Å². The molecule has 2 rings (SSSR count). The van der Waals surface area contributed by atoms with Crippen LogP contribution in [-0.4, -0.2) is 55.5 Å². The maximum atomic E-state index is 12.6. The normalized spacial score (nSPS) is 30.5. The molecule has 0 bridgehead atoms. The highest BCUT2D eigenvalue weighted by Crippen LogP contribution is 2.53. The number of hydrogen-bond donors (Lipinski definition) is 0. The van der Waals surface area contributed by atoms with Gasteiger partial charge in [-0.3, -0.25) is 4.79 Å². The second kappa shape index (κ2) is 12.9. The first kappa shape index (κ1) is 27.9. The Morgan fingerprint density at radius 3 is 2.70 bits per heavy atom. The molecule has 2 aliphatic rings. The van der Waals surface area contributed by atoms with Crippen molar-refractivity contribution >= 4 is 31.1 Å². The summed E-state index contributed by atoms with van der Waals surface area (Å²) in [5, 5.41) is 0. The molecule has 0 spiro atoms. The zero-order valence-electron chi connectivity index (χ0n) is 21.2. The van der Waals surface area contributed by atoms with Crippen LogP contribution in [0.3, 0.4) is 0 Å². The number of ether oxygens (including phenoxy) is 1. The van der Waals surface area contributed by atoms with E-state index in [1.54, 1.807) is 0 Å². The van der Waals surface area contributed by atoms with Crippen LogP contribution in [0.15, 0.2) is 48.1 Å². The SMILES string of the molecule is C=[Si]OC(C)C/C=C/C=C/C(O[Si]C)C(C)OC1CCC2=CC(=O)C(C(=C)C)CC2(C)C1C. The number of rotatable bonds is 12. The highest BCUT2D eigenvalue weighted by molar-refractivity contribution is 6.33. The van der Waals surface area contributed by atoms with Crippen molar-refractivity contribution in [3.63, 3.8) is 0 Å². The van der Waals surface area contributed by atoms with Gasteiger partial charge in [-0.25, -0.2) is 0 Å². The third-order valence-corrected chi connectivity index (χ3v) is 8.36. The van der Waals surface area contributed by atoms with Gasteiger partial charge in [-0.2, -0.15) is 0 Å². The standard InChI is InChI=1S/C27H41O4Si2/c1-18(2)23-17-27(6)20(4)25(15-14-22(27)16-24(23)28)29-21(5)26(31-33-8)13-11-9-10-12-19(3)30-32-7/h9-11,13,16,19-21,23,25-26H,1,7,12,14-15,17H2,2-6,8H3/b10-9+,13-11+. The van der Waals surface area contributed by atoms with E-state index < -0.39 is 0 Å².